The maximum Gasteiger partial charge on any atom is 0.333 e. The Morgan fingerprint density at radius 1 is 1.53 bits per heavy atom. The van der Waals surface area contributed by atoms with Gasteiger partial charge in [0.05, 0.1) is 12.3 Å². The number of halogens is 1. The van der Waals surface area contributed by atoms with E-state index < -0.39 is 0 Å². The fourth-order valence-corrected chi connectivity index (χ4v) is 1.20. The van der Waals surface area contributed by atoms with E-state index in [0.29, 0.717) is 23.4 Å². The van der Waals surface area contributed by atoms with Gasteiger partial charge in [0.2, 0.25) is 0 Å². The van der Waals surface area contributed by atoms with Crippen molar-refractivity contribution < 1.29 is 14.6 Å². The van der Waals surface area contributed by atoms with Crippen LogP contribution in [0.3, 0.4) is 0 Å². The lowest BCUT2D eigenvalue weighted by Crippen LogP contribution is -2.04. The van der Waals surface area contributed by atoms with Gasteiger partial charge in [-0.15, -0.1) is 12.4 Å². The Balaban J connectivity index is 0.00000256. The number of nitrogen functional groups attached to an aromatic ring is 1. The molecular formula is C12H16ClNO3. The number of phenols is 1. The maximum atomic E-state index is 11.3. The zero-order valence-corrected chi connectivity index (χ0v) is 10.6. The summed E-state index contributed by atoms with van der Waals surface area (Å²) in [6, 6.07) is 4.80. The molecule has 0 aliphatic carbocycles. The molecule has 0 spiro atoms. The molecule has 4 nitrogen and oxygen atoms in total. The van der Waals surface area contributed by atoms with Gasteiger partial charge in [0, 0.05) is 5.57 Å². The molecule has 0 heterocycles. The third-order valence-electron chi connectivity index (χ3n) is 2.04. The van der Waals surface area contributed by atoms with Crippen LogP contribution in [0.1, 0.15) is 19.4 Å². The number of carbonyl (C=O) groups is 1. The van der Waals surface area contributed by atoms with Crippen LogP contribution in [-0.4, -0.2) is 17.7 Å². The van der Waals surface area contributed by atoms with Crippen molar-refractivity contribution >= 4 is 30.1 Å². The monoisotopic (exact) mass is 257 g/mol. The van der Waals surface area contributed by atoms with Crippen molar-refractivity contribution in [3.8, 4) is 5.75 Å². The van der Waals surface area contributed by atoms with Gasteiger partial charge in [-0.1, -0.05) is 6.07 Å². The Labute approximate surface area is 106 Å². The molecule has 0 saturated carbocycles. The highest BCUT2D eigenvalue weighted by atomic mass is 35.5. The number of ether oxygens (including phenoxy) is 1. The Bertz CT molecular complexity index is 430. The van der Waals surface area contributed by atoms with Gasteiger partial charge in [-0.2, -0.15) is 0 Å². The van der Waals surface area contributed by atoms with Crippen molar-refractivity contribution in [3.05, 3.63) is 29.3 Å². The summed E-state index contributed by atoms with van der Waals surface area (Å²) in [6.45, 7) is 3.75. The van der Waals surface area contributed by atoms with E-state index in [1.165, 1.54) is 6.07 Å². The lowest BCUT2D eigenvalue weighted by molar-refractivity contribution is -0.138. The maximum absolute atomic E-state index is 11.3. The van der Waals surface area contributed by atoms with Gasteiger partial charge in [-0.25, -0.2) is 4.79 Å². The first kappa shape index (κ1) is 15.3. The lowest BCUT2D eigenvalue weighted by atomic mass is 10.1. The van der Waals surface area contributed by atoms with Gasteiger partial charge in [0.1, 0.15) is 5.75 Å². The highest BCUT2D eigenvalue weighted by Gasteiger charge is 2.05. The van der Waals surface area contributed by atoms with Crippen LogP contribution in [-0.2, 0) is 9.53 Å². The van der Waals surface area contributed by atoms with Gasteiger partial charge in [-0.05, 0) is 37.6 Å². The van der Waals surface area contributed by atoms with Crippen LogP contribution < -0.4 is 5.73 Å². The molecule has 5 heteroatoms. The minimum atomic E-state index is -0.362. The van der Waals surface area contributed by atoms with Crippen LogP contribution >= 0.6 is 12.4 Å². The highest BCUT2D eigenvalue weighted by molar-refractivity contribution is 5.93. The quantitative estimate of drug-likeness (QED) is 0.377. The van der Waals surface area contributed by atoms with E-state index in [4.69, 9.17) is 10.5 Å². The van der Waals surface area contributed by atoms with Gasteiger partial charge >= 0.3 is 5.97 Å². The molecule has 0 atom stereocenters. The zero-order chi connectivity index (χ0) is 12.1. The molecule has 1 aromatic rings. The van der Waals surface area contributed by atoms with E-state index in [2.05, 4.69) is 0 Å². The van der Waals surface area contributed by atoms with E-state index in [1.54, 1.807) is 32.1 Å². The minimum absolute atomic E-state index is 0. The number of rotatable bonds is 3. The average Bonchev–Trinajstić information content (AvgIpc) is 2.24. The van der Waals surface area contributed by atoms with Crippen molar-refractivity contribution in [2.45, 2.75) is 13.8 Å². The first-order chi connectivity index (χ1) is 7.54. The van der Waals surface area contributed by atoms with Crippen molar-refractivity contribution in [2.24, 2.45) is 0 Å². The van der Waals surface area contributed by atoms with Gasteiger partial charge < -0.3 is 15.6 Å². The predicted octanol–water partition coefficient (Wildman–Crippen LogP) is 2.36. The SMILES string of the molecule is CCOC(=O)C(C)=Cc1ccc(N)c(O)c1.Cl. The number of hydrogen-bond acceptors (Lipinski definition) is 4. The average molecular weight is 258 g/mol. The number of aromatic hydroxyl groups is 1. The molecular weight excluding hydrogens is 242 g/mol. The van der Waals surface area contributed by atoms with Crippen LogP contribution in [0.4, 0.5) is 5.69 Å². The minimum Gasteiger partial charge on any atom is -0.506 e. The first-order valence-electron chi connectivity index (χ1n) is 4.98. The topological polar surface area (TPSA) is 72.5 Å². The highest BCUT2D eigenvalue weighted by Crippen LogP contribution is 2.22. The third kappa shape index (κ3) is 4.36. The zero-order valence-electron chi connectivity index (χ0n) is 9.77. The van der Waals surface area contributed by atoms with Crippen LogP contribution in [0, 0.1) is 0 Å². The number of esters is 1. The molecule has 0 aromatic heterocycles. The Kier molecular flexibility index (Phi) is 6.13. The molecule has 0 amide bonds. The predicted molar refractivity (Wildman–Crippen MR) is 70.1 cm³/mol. The number of carbonyl (C=O) groups excluding carboxylic acids is 1. The van der Waals surface area contributed by atoms with E-state index >= 15 is 0 Å². The molecule has 3 N–H and O–H groups in total. The molecule has 94 valence electrons. The molecule has 0 fully saturated rings. The fourth-order valence-electron chi connectivity index (χ4n) is 1.20. The summed E-state index contributed by atoms with van der Waals surface area (Å²) in [5.74, 6) is -0.357. The van der Waals surface area contributed by atoms with E-state index in [0.717, 1.165) is 0 Å². The summed E-state index contributed by atoms with van der Waals surface area (Å²) in [4.78, 5) is 11.3. The molecule has 1 aromatic carbocycles. The van der Waals surface area contributed by atoms with Crippen LogP contribution in [0.15, 0.2) is 23.8 Å². The Morgan fingerprint density at radius 3 is 2.71 bits per heavy atom. The molecule has 17 heavy (non-hydrogen) atoms. The Hall–Kier alpha value is -1.68. The second-order valence-corrected chi connectivity index (χ2v) is 3.37. The number of hydrogen-bond donors (Lipinski definition) is 2. The van der Waals surface area contributed by atoms with Crippen molar-refractivity contribution in [2.75, 3.05) is 12.3 Å². The normalized spacial score (nSPS) is 10.6. The number of anilines is 1. The molecule has 0 saturated heterocycles. The number of phenolic OH excluding ortho intramolecular Hbond substituents is 1. The van der Waals surface area contributed by atoms with Crippen LogP contribution in [0.2, 0.25) is 0 Å². The third-order valence-corrected chi connectivity index (χ3v) is 2.04. The fraction of sp³-hybridized carbons (Fsp3) is 0.250. The smallest absolute Gasteiger partial charge is 0.333 e. The lowest BCUT2D eigenvalue weighted by Gasteiger charge is -2.03. The van der Waals surface area contributed by atoms with E-state index in [1.807, 2.05) is 0 Å². The van der Waals surface area contributed by atoms with Crippen molar-refractivity contribution in [3.63, 3.8) is 0 Å². The van der Waals surface area contributed by atoms with Crippen LogP contribution in [0.5, 0.6) is 5.75 Å². The summed E-state index contributed by atoms with van der Waals surface area (Å²) in [7, 11) is 0. The summed E-state index contributed by atoms with van der Waals surface area (Å²) in [5.41, 5.74) is 6.96. The molecule has 0 radical (unpaired) electrons. The van der Waals surface area contributed by atoms with Gasteiger partial charge in [0.15, 0.2) is 0 Å². The summed E-state index contributed by atoms with van der Waals surface area (Å²) in [6.07, 6.45) is 1.64. The van der Waals surface area contributed by atoms with Crippen molar-refractivity contribution in [1.29, 1.82) is 0 Å². The summed E-state index contributed by atoms with van der Waals surface area (Å²) >= 11 is 0. The molecule has 0 unspecified atom stereocenters. The summed E-state index contributed by atoms with van der Waals surface area (Å²) < 4.78 is 4.84. The second kappa shape index (κ2) is 6.81. The molecule has 0 aliphatic rings. The van der Waals surface area contributed by atoms with E-state index in [-0.39, 0.29) is 24.1 Å². The second-order valence-electron chi connectivity index (χ2n) is 3.37. The standard InChI is InChI=1S/C12H15NO3.ClH/c1-3-16-12(15)8(2)6-9-4-5-10(13)11(14)7-9;/h4-7,14H,3,13H2,1-2H3;1H. The van der Waals surface area contributed by atoms with Crippen molar-refractivity contribution in [1.82, 2.24) is 0 Å². The summed E-state index contributed by atoms with van der Waals surface area (Å²) in [5, 5.41) is 9.38. The first-order valence-corrected chi connectivity index (χ1v) is 4.98. The van der Waals surface area contributed by atoms with Gasteiger partial charge in [0.25, 0.3) is 0 Å². The Morgan fingerprint density at radius 2 is 2.18 bits per heavy atom. The molecule has 0 bridgehead atoms. The van der Waals surface area contributed by atoms with Crippen LogP contribution in [0.25, 0.3) is 6.08 Å². The molecule has 0 aliphatic heterocycles. The van der Waals surface area contributed by atoms with E-state index in [9.17, 15) is 9.90 Å². The van der Waals surface area contributed by atoms with Gasteiger partial charge in [-0.3, -0.25) is 0 Å². The number of nitrogens with two attached hydrogens (primary N) is 1. The molecule has 1 rings (SSSR count). The largest absolute Gasteiger partial charge is 0.506 e. The number of benzene rings is 1.